The van der Waals surface area contributed by atoms with Gasteiger partial charge in [-0.3, -0.25) is 9.36 Å². The summed E-state index contributed by atoms with van der Waals surface area (Å²) in [7, 11) is 1.62. The zero-order chi connectivity index (χ0) is 18.1. The van der Waals surface area contributed by atoms with Gasteiger partial charge in [0.15, 0.2) is 5.16 Å². The Hall–Kier alpha value is -2.73. The number of para-hydroxylation sites is 1. The minimum atomic E-state index is -0.0990. The number of thioether (sulfide) groups is 1. The molecule has 0 aliphatic rings. The predicted octanol–water partition coefficient (Wildman–Crippen LogP) is 4.38. The van der Waals surface area contributed by atoms with Crippen LogP contribution < -0.4 is 10.3 Å². The summed E-state index contributed by atoms with van der Waals surface area (Å²) in [5, 5.41) is 1.66. The summed E-state index contributed by atoms with van der Waals surface area (Å²) in [5.74, 6) is 1.60. The van der Waals surface area contributed by atoms with Crippen LogP contribution in [0.3, 0.4) is 0 Å². The fraction of sp³-hybridized carbons (Fsp3) is 0.200. The van der Waals surface area contributed by atoms with E-state index in [4.69, 9.17) is 9.72 Å². The van der Waals surface area contributed by atoms with Crippen molar-refractivity contribution in [2.24, 2.45) is 0 Å². The Labute approximate surface area is 155 Å². The van der Waals surface area contributed by atoms with Gasteiger partial charge >= 0.3 is 0 Å². The second-order valence-corrected chi connectivity index (χ2v) is 7.04. The van der Waals surface area contributed by atoms with Crippen LogP contribution >= 0.6 is 11.8 Å². The monoisotopic (exact) mass is 365 g/mol. The first-order valence-electron chi connectivity index (χ1n) is 8.53. The van der Waals surface area contributed by atoms with Crippen LogP contribution in [0, 0.1) is 0 Å². The number of nitrogens with one attached hydrogen (secondary N) is 1. The Balaban J connectivity index is 2.04. The number of H-pyrrole nitrogens is 1. The molecule has 0 saturated carbocycles. The number of benzene rings is 2. The van der Waals surface area contributed by atoms with Crippen LogP contribution in [0.2, 0.25) is 0 Å². The molecule has 0 bridgehead atoms. The molecule has 5 nitrogen and oxygen atoms in total. The molecule has 4 aromatic rings. The van der Waals surface area contributed by atoms with Crippen LogP contribution in [0.1, 0.15) is 13.3 Å². The van der Waals surface area contributed by atoms with Gasteiger partial charge in [0.2, 0.25) is 0 Å². The molecule has 0 unspecified atom stereocenters. The lowest BCUT2D eigenvalue weighted by atomic mass is 10.2. The largest absolute Gasteiger partial charge is 0.497 e. The van der Waals surface area contributed by atoms with E-state index < -0.39 is 0 Å². The van der Waals surface area contributed by atoms with Crippen molar-refractivity contribution in [1.29, 1.82) is 0 Å². The zero-order valence-electron chi connectivity index (χ0n) is 14.7. The first-order chi connectivity index (χ1) is 12.7. The third-order valence-corrected chi connectivity index (χ3v) is 5.39. The number of rotatable bonds is 5. The zero-order valence-corrected chi connectivity index (χ0v) is 15.5. The summed E-state index contributed by atoms with van der Waals surface area (Å²) in [6, 6.07) is 15.4. The molecule has 6 heteroatoms. The number of methoxy groups -OCH3 is 1. The molecule has 1 N–H and O–H groups in total. The van der Waals surface area contributed by atoms with Crippen molar-refractivity contribution >= 4 is 33.7 Å². The number of hydrogen-bond acceptors (Lipinski definition) is 4. The summed E-state index contributed by atoms with van der Waals surface area (Å²) >= 11 is 1.59. The first kappa shape index (κ1) is 16.7. The van der Waals surface area contributed by atoms with Crippen molar-refractivity contribution in [3.8, 4) is 11.4 Å². The van der Waals surface area contributed by atoms with E-state index in [9.17, 15) is 4.79 Å². The molecule has 0 aliphatic carbocycles. The van der Waals surface area contributed by atoms with E-state index in [0.29, 0.717) is 16.4 Å². The molecule has 26 heavy (non-hydrogen) atoms. The molecule has 132 valence electrons. The lowest BCUT2D eigenvalue weighted by Gasteiger charge is -2.12. The smallest absolute Gasteiger partial charge is 0.283 e. The number of aromatic amines is 1. The quantitative estimate of drug-likeness (QED) is 0.421. The average molecular weight is 365 g/mol. The molecule has 2 aromatic heterocycles. The number of aromatic nitrogens is 3. The van der Waals surface area contributed by atoms with Crippen molar-refractivity contribution in [2.75, 3.05) is 12.9 Å². The second kappa shape index (κ2) is 6.88. The highest BCUT2D eigenvalue weighted by Crippen LogP contribution is 2.27. The third kappa shape index (κ3) is 2.76. The van der Waals surface area contributed by atoms with E-state index in [1.165, 1.54) is 0 Å². The molecule has 0 saturated heterocycles. The maximum atomic E-state index is 13.3. The van der Waals surface area contributed by atoms with Gasteiger partial charge in [-0.15, -0.1) is 0 Å². The van der Waals surface area contributed by atoms with Gasteiger partial charge < -0.3 is 9.72 Å². The van der Waals surface area contributed by atoms with Gasteiger partial charge in [-0.25, -0.2) is 4.98 Å². The lowest BCUT2D eigenvalue weighted by molar-refractivity contribution is 0.414. The Bertz CT molecular complexity index is 1150. The maximum Gasteiger partial charge on any atom is 0.283 e. The van der Waals surface area contributed by atoms with Gasteiger partial charge in [-0.05, 0) is 24.6 Å². The third-order valence-electron chi connectivity index (χ3n) is 4.24. The van der Waals surface area contributed by atoms with Crippen molar-refractivity contribution in [1.82, 2.24) is 14.5 Å². The Morgan fingerprint density at radius 3 is 2.85 bits per heavy atom. The predicted molar refractivity (Wildman–Crippen MR) is 107 cm³/mol. The molecular weight excluding hydrogens is 346 g/mol. The van der Waals surface area contributed by atoms with Gasteiger partial charge in [0.1, 0.15) is 16.8 Å². The summed E-state index contributed by atoms with van der Waals surface area (Å²) in [6.07, 6.45) is 1.00. The average Bonchev–Trinajstić information content (AvgIpc) is 3.05. The number of nitrogens with zero attached hydrogens (tertiary/aromatic N) is 2. The van der Waals surface area contributed by atoms with Crippen molar-refractivity contribution < 1.29 is 4.74 Å². The summed E-state index contributed by atoms with van der Waals surface area (Å²) < 4.78 is 6.99. The second-order valence-electron chi connectivity index (χ2n) is 5.98. The molecule has 0 atom stereocenters. The van der Waals surface area contributed by atoms with Crippen LogP contribution in [0.25, 0.3) is 27.6 Å². The summed E-state index contributed by atoms with van der Waals surface area (Å²) in [6.45, 7) is 2.12. The molecule has 0 spiro atoms. The van der Waals surface area contributed by atoms with E-state index in [2.05, 4.69) is 11.9 Å². The first-order valence-corrected chi connectivity index (χ1v) is 9.52. The maximum absolute atomic E-state index is 13.3. The summed E-state index contributed by atoms with van der Waals surface area (Å²) in [5.41, 5.74) is 2.82. The highest BCUT2D eigenvalue weighted by molar-refractivity contribution is 7.99. The fourth-order valence-corrected chi connectivity index (χ4v) is 3.87. The van der Waals surface area contributed by atoms with Gasteiger partial charge in [0.05, 0.1) is 12.8 Å². The molecular formula is C20H19N3O2S. The molecule has 0 amide bonds. The SMILES string of the molecule is CCCSc1nc2c([nH]c3ccccc32)c(=O)n1-c1cccc(OC)c1. The molecule has 2 heterocycles. The van der Waals surface area contributed by atoms with Crippen LogP contribution in [0.4, 0.5) is 0 Å². The van der Waals surface area contributed by atoms with E-state index in [1.54, 1.807) is 23.4 Å². The highest BCUT2D eigenvalue weighted by Gasteiger charge is 2.17. The van der Waals surface area contributed by atoms with Gasteiger partial charge in [-0.1, -0.05) is 43.0 Å². The van der Waals surface area contributed by atoms with E-state index >= 15 is 0 Å². The van der Waals surface area contributed by atoms with Crippen LogP contribution in [0.5, 0.6) is 5.75 Å². The van der Waals surface area contributed by atoms with Gasteiger partial charge in [-0.2, -0.15) is 0 Å². The van der Waals surface area contributed by atoms with Crippen LogP contribution in [0.15, 0.2) is 58.5 Å². The van der Waals surface area contributed by atoms with Crippen molar-refractivity contribution in [3.05, 3.63) is 58.9 Å². The number of fused-ring (bicyclic) bond motifs is 3. The Morgan fingerprint density at radius 1 is 1.19 bits per heavy atom. The number of ether oxygens (including phenoxy) is 1. The van der Waals surface area contributed by atoms with Gasteiger partial charge in [0.25, 0.3) is 5.56 Å². The van der Waals surface area contributed by atoms with Crippen molar-refractivity contribution in [3.63, 3.8) is 0 Å². The lowest BCUT2D eigenvalue weighted by Crippen LogP contribution is -2.21. The topological polar surface area (TPSA) is 59.9 Å². The minimum absolute atomic E-state index is 0.0990. The van der Waals surface area contributed by atoms with Crippen molar-refractivity contribution in [2.45, 2.75) is 18.5 Å². The Morgan fingerprint density at radius 2 is 2.04 bits per heavy atom. The fourth-order valence-electron chi connectivity index (χ4n) is 3.01. The van der Waals surface area contributed by atoms with Crippen LogP contribution in [-0.4, -0.2) is 27.4 Å². The normalized spacial score (nSPS) is 11.3. The van der Waals surface area contributed by atoms with Gasteiger partial charge in [0, 0.05) is 22.7 Å². The molecule has 0 aliphatic heterocycles. The van der Waals surface area contributed by atoms with E-state index in [-0.39, 0.29) is 5.56 Å². The standard InChI is InChI=1S/C20H19N3O2S/c1-3-11-26-20-22-17-15-9-4-5-10-16(15)21-18(17)19(24)23(20)13-7-6-8-14(12-13)25-2/h4-10,12,21H,3,11H2,1-2H3. The molecule has 0 radical (unpaired) electrons. The van der Waals surface area contributed by atoms with Crippen LogP contribution in [-0.2, 0) is 0 Å². The molecule has 2 aromatic carbocycles. The molecule has 0 fully saturated rings. The number of hydrogen-bond donors (Lipinski definition) is 1. The highest BCUT2D eigenvalue weighted by atomic mass is 32.2. The molecule has 4 rings (SSSR count). The Kier molecular flexibility index (Phi) is 4.42. The minimum Gasteiger partial charge on any atom is -0.497 e. The van der Waals surface area contributed by atoms with E-state index in [1.807, 2.05) is 48.5 Å². The van der Waals surface area contributed by atoms with E-state index in [0.717, 1.165) is 34.3 Å². The summed E-state index contributed by atoms with van der Waals surface area (Å²) in [4.78, 5) is 21.4.